The molecule has 4 heavy (non-hydrogen) atoms. The van der Waals surface area contributed by atoms with Crippen molar-refractivity contribution in [2.24, 2.45) is 0 Å². The van der Waals surface area contributed by atoms with Crippen LogP contribution in [-0.2, 0) is 3.02 Å². The van der Waals surface area contributed by atoms with Crippen molar-refractivity contribution >= 4 is 54.5 Å². The van der Waals surface area contributed by atoms with Crippen LogP contribution in [0.3, 0.4) is 0 Å². The predicted molar refractivity (Wildman–Crippen MR) is 22.6 cm³/mol. The van der Waals surface area contributed by atoms with E-state index in [-0.39, 0.29) is 31.4 Å². The van der Waals surface area contributed by atoms with E-state index >= 15 is 0 Å². The summed E-state index contributed by atoms with van der Waals surface area (Å²) in [4.78, 5) is 0. The van der Waals surface area contributed by atoms with Crippen LogP contribution >= 0.6 is 13.5 Å². The van der Waals surface area contributed by atoms with Gasteiger partial charge in [0.2, 0.25) is 0 Å². The Morgan fingerprint density at radius 2 is 1.25 bits per heavy atom. The van der Waals surface area contributed by atoms with E-state index in [4.69, 9.17) is 3.02 Å². The van der Waals surface area contributed by atoms with E-state index in [1.807, 2.05) is 0 Å². The normalized spacial score (nSPS) is 1.00. The molecule has 0 aliphatic heterocycles. The molecule has 0 rings (SSSR count). The van der Waals surface area contributed by atoms with Crippen LogP contribution in [0.25, 0.3) is 0 Å². The molecule has 0 fully saturated rings. The van der Waals surface area contributed by atoms with Crippen LogP contribution in [0.2, 0.25) is 0 Å². The number of hydrogen-bond donors (Lipinski definition) is 0. The van der Waals surface area contributed by atoms with Gasteiger partial charge in [-0.15, -0.1) is 0 Å². The minimum absolute atomic E-state index is 0. The van der Waals surface area contributed by atoms with Gasteiger partial charge in [-0.1, -0.05) is 0 Å². The molecule has 0 aliphatic rings. The van der Waals surface area contributed by atoms with Crippen LogP contribution in [0, 0.1) is 0 Å². The van der Waals surface area contributed by atoms with Gasteiger partial charge in [-0.05, 0) is 0 Å². The summed E-state index contributed by atoms with van der Waals surface area (Å²) < 4.78 is 8.30. The molecule has 0 saturated heterocycles. The van der Waals surface area contributed by atoms with Gasteiger partial charge in [-0.3, -0.25) is 0 Å². The molecule has 0 aromatic rings. The standard InChI is InChI=1S/As.O.H2S.Sb/h;;1H2;. The molecule has 0 aromatic heterocycles. The fraction of sp³-hybridized carbons (Fsp3) is 0. The average molecular weight is 247 g/mol. The van der Waals surface area contributed by atoms with E-state index in [1.165, 1.54) is 0 Å². The van der Waals surface area contributed by atoms with Crippen molar-refractivity contribution < 1.29 is 3.02 Å². The Bertz CT molecular complexity index is 8.00. The van der Waals surface area contributed by atoms with Gasteiger partial charge in [0.05, 0.1) is 0 Å². The molecule has 24 valence electrons. The van der Waals surface area contributed by atoms with Gasteiger partial charge in [0, 0.05) is 18.0 Å². The summed E-state index contributed by atoms with van der Waals surface area (Å²) in [7, 11) is 0. The van der Waals surface area contributed by atoms with E-state index in [1.54, 1.807) is 0 Å². The van der Waals surface area contributed by atoms with Crippen LogP contribution in [0.1, 0.15) is 0 Å². The van der Waals surface area contributed by atoms with E-state index in [2.05, 4.69) is 0 Å². The zero-order chi connectivity index (χ0) is 2.00. The second-order valence-corrected chi connectivity index (χ2v) is 0. The maximum absolute atomic E-state index is 8.30. The molecule has 0 atom stereocenters. The molecule has 4 heteroatoms. The molecule has 1 nitrogen and oxygen atoms in total. The van der Waals surface area contributed by atoms with E-state index < -0.39 is 0 Å². The van der Waals surface area contributed by atoms with Crippen molar-refractivity contribution in [1.29, 1.82) is 0 Å². The third-order valence-electron chi connectivity index (χ3n) is 0. The van der Waals surface area contributed by atoms with Gasteiger partial charge in [0.1, 0.15) is 0 Å². The topological polar surface area (TPSA) is 17.1 Å². The Labute approximate surface area is 57.2 Å². The first-order chi connectivity index (χ1) is 1.00. The van der Waals surface area contributed by atoms with Gasteiger partial charge >= 0.3 is 26.0 Å². The third-order valence-corrected chi connectivity index (χ3v) is 0. The summed E-state index contributed by atoms with van der Waals surface area (Å²) >= 11 is 0.500. The second kappa shape index (κ2) is 24.2. The molecule has 0 unspecified atom stereocenters. The Morgan fingerprint density at radius 3 is 1.25 bits per heavy atom. The summed E-state index contributed by atoms with van der Waals surface area (Å²) in [5.74, 6) is 0. The molecule has 0 spiro atoms. The summed E-state index contributed by atoms with van der Waals surface area (Å²) in [6.07, 6.45) is 0. The maximum atomic E-state index is 8.30. The Balaban J connectivity index is -0.00000000500. The molecule has 0 aliphatic carbocycles. The van der Waals surface area contributed by atoms with Crippen molar-refractivity contribution in [3.8, 4) is 0 Å². The number of rotatable bonds is 0. The van der Waals surface area contributed by atoms with Crippen LogP contribution in [0.15, 0.2) is 0 Å². The Morgan fingerprint density at radius 1 is 1.25 bits per heavy atom. The summed E-state index contributed by atoms with van der Waals surface area (Å²) in [5, 5.41) is 0. The summed E-state index contributed by atoms with van der Waals surface area (Å²) in [5.41, 5.74) is 0. The molecular weight excluding hydrogens is 245 g/mol. The molecule has 0 aromatic carbocycles. The van der Waals surface area contributed by atoms with E-state index in [0.717, 1.165) is 0 Å². The monoisotopic (exact) mass is 246 g/mol. The van der Waals surface area contributed by atoms with Crippen molar-refractivity contribution in [2.75, 3.05) is 0 Å². The van der Waals surface area contributed by atoms with Crippen molar-refractivity contribution in [3.05, 3.63) is 0 Å². The van der Waals surface area contributed by atoms with Gasteiger partial charge in [-0.2, -0.15) is 13.5 Å². The fourth-order valence-electron chi connectivity index (χ4n) is 0. The molecule has 4 radical (unpaired) electrons. The summed E-state index contributed by atoms with van der Waals surface area (Å²) in [6, 6.07) is 0. The quantitative estimate of drug-likeness (QED) is 0.514. The molecule has 0 amide bonds. The van der Waals surface area contributed by atoms with Crippen LogP contribution < -0.4 is 0 Å². The van der Waals surface area contributed by atoms with Gasteiger partial charge < -0.3 is 0 Å². The zero-order valence-electron chi connectivity index (χ0n) is 1.80. The van der Waals surface area contributed by atoms with Crippen molar-refractivity contribution in [2.45, 2.75) is 0 Å². The molecule has 0 N–H and O–H groups in total. The van der Waals surface area contributed by atoms with Crippen LogP contribution in [0.5, 0.6) is 0 Å². The molecule has 0 saturated carbocycles. The van der Waals surface area contributed by atoms with E-state index in [0.29, 0.717) is 23.0 Å². The number of hydrogen-bond acceptors (Lipinski definition) is 1. The molecular formula is H2AsOSSb. The van der Waals surface area contributed by atoms with Gasteiger partial charge in [0.25, 0.3) is 0 Å². The first-order valence-electron chi connectivity index (χ1n) is 0.183. The fourth-order valence-corrected chi connectivity index (χ4v) is 0. The van der Waals surface area contributed by atoms with E-state index in [9.17, 15) is 0 Å². The van der Waals surface area contributed by atoms with Gasteiger partial charge in [-0.25, -0.2) is 0 Å². The van der Waals surface area contributed by atoms with Gasteiger partial charge in [0.15, 0.2) is 0 Å². The Hall–Kier alpha value is 1.53. The molecule has 0 heterocycles. The zero-order valence-corrected chi connectivity index (χ0v) is 7.23. The van der Waals surface area contributed by atoms with Crippen LogP contribution in [-0.4, -0.2) is 41.0 Å². The first-order valence-corrected chi connectivity index (χ1v) is 1.22. The molecule has 0 bridgehead atoms. The summed E-state index contributed by atoms with van der Waals surface area (Å²) in [6.45, 7) is 0. The van der Waals surface area contributed by atoms with Crippen molar-refractivity contribution in [3.63, 3.8) is 0 Å². The van der Waals surface area contributed by atoms with Crippen LogP contribution in [0.4, 0.5) is 0 Å². The Kier molecular flexibility index (Phi) is 107. The second-order valence-electron chi connectivity index (χ2n) is 0. The van der Waals surface area contributed by atoms with Crippen molar-refractivity contribution in [1.82, 2.24) is 0 Å². The SMILES string of the molecule is S.[As].[O]=[Sb]. The average Bonchev–Trinajstić information content (AvgIpc) is 1.00. The third kappa shape index (κ3) is 9.66. The predicted octanol–water partition coefficient (Wildman–Crippen LogP) is -0.768. The first kappa shape index (κ1) is 17.7. The minimum atomic E-state index is 0.